The van der Waals surface area contributed by atoms with Gasteiger partial charge in [0.1, 0.15) is 5.02 Å². The Bertz CT molecular complexity index is 609. The molecule has 0 saturated carbocycles. The Labute approximate surface area is 115 Å². The van der Waals surface area contributed by atoms with E-state index in [0.717, 1.165) is 11.1 Å². The number of benzene rings is 1. The van der Waals surface area contributed by atoms with Crippen molar-refractivity contribution in [1.82, 2.24) is 9.97 Å². The summed E-state index contributed by atoms with van der Waals surface area (Å²) in [7, 11) is 0. The minimum Gasteiger partial charge on any atom is -0.362 e. The molecule has 2 aromatic rings. The Kier molecular flexibility index (Phi) is 4.19. The van der Waals surface area contributed by atoms with E-state index in [1.54, 1.807) is 0 Å². The monoisotopic (exact) mass is 278 g/mol. The number of halogens is 1. The fourth-order valence-electron chi connectivity index (χ4n) is 1.71. The summed E-state index contributed by atoms with van der Waals surface area (Å²) in [6.45, 7) is 2.49. The number of nitrogens with two attached hydrogens (primary N) is 1. The predicted molar refractivity (Wildman–Crippen MR) is 76.2 cm³/mol. The van der Waals surface area contributed by atoms with E-state index in [4.69, 9.17) is 17.3 Å². The number of aromatic nitrogens is 2. The second-order valence-electron chi connectivity index (χ2n) is 4.21. The van der Waals surface area contributed by atoms with Gasteiger partial charge >= 0.3 is 0 Å². The summed E-state index contributed by atoms with van der Waals surface area (Å²) in [6.07, 6.45) is 1.32. The van der Waals surface area contributed by atoms with Crippen LogP contribution in [0.5, 0.6) is 0 Å². The van der Waals surface area contributed by atoms with Crippen LogP contribution in [0.2, 0.25) is 5.02 Å². The van der Waals surface area contributed by atoms with Crippen molar-refractivity contribution in [2.75, 3.05) is 5.32 Å². The Balaban J connectivity index is 2.18. The third-order valence-electron chi connectivity index (χ3n) is 2.87. The lowest BCUT2D eigenvalue weighted by molar-refractivity contribution is 0.868. The van der Waals surface area contributed by atoms with Gasteiger partial charge in [-0.25, -0.2) is 4.98 Å². The molecule has 4 N–H and O–H groups in total. The molecule has 0 spiro atoms. The molecule has 1 aromatic heterocycles. The average Bonchev–Trinajstić information content (AvgIpc) is 2.44. The Hall–Kier alpha value is -1.85. The molecule has 0 bridgehead atoms. The van der Waals surface area contributed by atoms with E-state index in [9.17, 15) is 4.79 Å². The van der Waals surface area contributed by atoms with Crippen LogP contribution in [0, 0.1) is 0 Å². The number of aromatic amines is 1. The Morgan fingerprint density at radius 1 is 1.42 bits per heavy atom. The van der Waals surface area contributed by atoms with Gasteiger partial charge < -0.3 is 16.0 Å². The highest BCUT2D eigenvalue weighted by Gasteiger charge is 2.10. The van der Waals surface area contributed by atoms with Crippen molar-refractivity contribution in [3.05, 3.63) is 57.1 Å². The van der Waals surface area contributed by atoms with Crippen LogP contribution in [0.3, 0.4) is 0 Å². The molecule has 0 saturated heterocycles. The number of rotatable bonds is 4. The predicted octanol–water partition coefficient (Wildman–Crippen LogP) is 2.06. The first-order valence-corrected chi connectivity index (χ1v) is 6.28. The minimum atomic E-state index is -0.357. The largest absolute Gasteiger partial charge is 0.362 e. The van der Waals surface area contributed by atoms with Gasteiger partial charge in [0.2, 0.25) is 0 Å². The lowest BCUT2D eigenvalue weighted by Gasteiger charge is -2.15. The van der Waals surface area contributed by atoms with Gasteiger partial charge in [-0.1, -0.05) is 35.9 Å². The maximum absolute atomic E-state index is 11.4. The zero-order valence-corrected chi connectivity index (χ0v) is 11.2. The van der Waals surface area contributed by atoms with Crippen LogP contribution in [-0.4, -0.2) is 9.97 Å². The van der Waals surface area contributed by atoms with Crippen LogP contribution < -0.4 is 16.6 Å². The molecule has 0 aliphatic carbocycles. The molecule has 1 unspecified atom stereocenters. The molecule has 6 heteroatoms. The molecule has 2 rings (SSSR count). The van der Waals surface area contributed by atoms with Crippen LogP contribution in [0.25, 0.3) is 0 Å². The van der Waals surface area contributed by atoms with Crippen molar-refractivity contribution >= 4 is 17.4 Å². The molecule has 1 atom stereocenters. The van der Waals surface area contributed by atoms with Crippen LogP contribution in [0.4, 0.5) is 5.82 Å². The van der Waals surface area contributed by atoms with Gasteiger partial charge in [0.05, 0.1) is 6.33 Å². The van der Waals surface area contributed by atoms with Gasteiger partial charge in [0.15, 0.2) is 5.82 Å². The van der Waals surface area contributed by atoms with Gasteiger partial charge in [-0.05, 0) is 18.1 Å². The van der Waals surface area contributed by atoms with E-state index in [-0.39, 0.29) is 16.6 Å². The van der Waals surface area contributed by atoms with Gasteiger partial charge in [-0.3, -0.25) is 4.79 Å². The third kappa shape index (κ3) is 3.13. The van der Waals surface area contributed by atoms with E-state index >= 15 is 0 Å². The quantitative estimate of drug-likeness (QED) is 0.799. The molecule has 0 fully saturated rings. The zero-order chi connectivity index (χ0) is 13.8. The van der Waals surface area contributed by atoms with Gasteiger partial charge in [0, 0.05) is 12.6 Å². The molecular formula is C13H15ClN4O. The smallest absolute Gasteiger partial charge is 0.271 e. The normalized spacial score (nSPS) is 12.2. The molecule has 0 aliphatic heterocycles. The van der Waals surface area contributed by atoms with Crippen molar-refractivity contribution in [1.29, 1.82) is 0 Å². The Morgan fingerprint density at radius 3 is 2.74 bits per heavy atom. The number of H-pyrrole nitrogens is 1. The topological polar surface area (TPSA) is 83.8 Å². The van der Waals surface area contributed by atoms with E-state index in [1.807, 2.05) is 31.2 Å². The summed E-state index contributed by atoms with van der Waals surface area (Å²) in [5.41, 5.74) is 7.34. The lowest BCUT2D eigenvalue weighted by atomic mass is 10.1. The van der Waals surface area contributed by atoms with E-state index in [2.05, 4.69) is 15.3 Å². The lowest BCUT2D eigenvalue weighted by Crippen LogP contribution is -2.14. The summed E-state index contributed by atoms with van der Waals surface area (Å²) in [5.74, 6) is 0.376. The number of hydrogen-bond donors (Lipinski definition) is 3. The van der Waals surface area contributed by atoms with Crippen LogP contribution >= 0.6 is 11.6 Å². The van der Waals surface area contributed by atoms with E-state index in [1.165, 1.54) is 6.33 Å². The van der Waals surface area contributed by atoms with Gasteiger partial charge in [-0.2, -0.15) is 0 Å². The van der Waals surface area contributed by atoms with Gasteiger partial charge in [-0.15, -0.1) is 0 Å². The van der Waals surface area contributed by atoms with Crippen LogP contribution in [0.15, 0.2) is 35.4 Å². The van der Waals surface area contributed by atoms with Gasteiger partial charge in [0.25, 0.3) is 5.56 Å². The first-order chi connectivity index (χ1) is 9.11. The third-order valence-corrected chi connectivity index (χ3v) is 3.22. The molecule has 0 amide bonds. The molecule has 0 aliphatic rings. The van der Waals surface area contributed by atoms with Crippen molar-refractivity contribution in [3.63, 3.8) is 0 Å². The fraction of sp³-hybridized carbons (Fsp3) is 0.231. The Morgan fingerprint density at radius 2 is 2.11 bits per heavy atom. The maximum Gasteiger partial charge on any atom is 0.271 e. The summed E-state index contributed by atoms with van der Waals surface area (Å²) < 4.78 is 0. The van der Waals surface area contributed by atoms with Crippen molar-refractivity contribution in [2.24, 2.45) is 5.73 Å². The second kappa shape index (κ2) is 5.86. The highest BCUT2D eigenvalue weighted by atomic mass is 35.5. The molecule has 1 heterocycles. The summed E-state index contributed by atoms with van der Waals surface area (Å²) in [5, 5.41) is 3.17. The molecule has 100 valence electrons. The first kappa shape index (κ1) is 13.6. The average molecular weight is 279 g/mol. The number of nitrogens with one attached hydrogen (secondary N) is 2. The van der Waals surface area contributed by atoms with Crippen molar-refractivity contribution < 1.29 is 0 Å². The number of nitrogens with zero attached hydrogens (tertiary/aromatic N) is 1. The van der Waals surface area contributed by atoms with E-state index in [0.29, 0.717) is 12.4 Å². The SMILES string of the molecule is CC(Nc1nc[nH]c(=O)c1Cl)c1ccc(CN)cc1. The summed E-state index contributed by atoms with van der Waals surface area (Å²) in [4.78, 5) is 17.8. The molecule has 0 radical (unpaired) electrons. The zero-order valence-electron chi connectivity index (χ0n) is 10.5. The maximum atomic E-state index is 11.4. The molecule has 5 nitrogen and oxygen atoms in total. The second-order valence-corrected chi connectivity index (χ2v) is 4.58. The van der Waals surface area contributed by atoms with Crippen LogP contribution in [-0.2, 0) is 6.54 Å². The molecule has 1 aromatic carbocycles. The number of hydrogen-bond acceptors (Lipinski definition) is 4. The fourth-order valence-corrected chi connectivity index (χ4v) is 1.87. The number of anilines is 1. The highest BCUT2D eigenvalue weighted by Crippen LogP contribution is 2.21. The van der Waals surface area contributed by atoms with Crippen LogP contribution in [0.1, 0.15) is 24.1 Å². The minimum absolute atomic E-state index is 0.0152. The van der Waals surface area contributed by atoms with Crippen molar-refractivity contribution in [2.45, 2.75) is 19.5 Å². The summed E-state index contributed by atoms with van der Waals surface area (Å²) >= 11 is 5.89. The molecular weight excluding hydrogens is 264 g/mol. The van der Waals surface area contributed by atoms with E-state index < -0.39 is 0 Å². The standard InChI is InChI=1S/C13H15ClN4O/c1-8(10-4-2-9(6-15)3-5-10)18-12-11(14)13(19)17-7-16-12/h2-5,7-8H,6,15H2,1H3,(H2,16,17,18,19). The molecule has 19 heavy (non-hydrogen) atoms. The summed E-state index contributed by atoms with van der Waals surface area (Å²) in [6, 6.07) is 7.90. The van der Waals surface area contributed by atoms with Crippen molar-refractivity contribution in [3.8, 4) is 0 Å². The first-order valence-electron chi connectivity index (χ1n) is 5.90. The highest BCUT2D eigenvalue weighted by molar-refractivity contribution is 6.32.